The van der Waals surface area contributed by atoms with Gasteiger partial charge >= 0.3 is 6.18 Å². The molecule has 0 radical (unpaired) electrons. The lowest BCUT2D eigenvalue weighted by Crippen LogP contribution is -2.25. The van der Waals surface area contributed by atoms with Gasteiger partial charge in [-0.25, -0.2) is 0 Å². The fourth-order valence-electron chi connectivity index (χ4n) is 2.48. The van der Waals surface area contributed by atoms with Crippen LogP contribution in [0.15, 0.2) is 18.2 Å². The summed E-state index contributed by atoms with van der Waals surface area (Å²) in [6.45, 7) is 1.49. The molecule has 22 heavy (non-hydrogen) atoms. The third kappa shape index (κ3) is 4.13. The van der Waals surface area contributed by atoms with Crippen LogP contribution in [0.5, 0.6) is 5.75 Å². The van der Waals surface area contributed by atoms with Crippen LogP contribution in [0.25, 0.3) is 0 Å². The Labute approximate surface area is 125 Å². The van der Waals surface area contributed by atoms with E-state index in [1.807, 2.05) is 0 Å². The van der Waals surface area contributed by atoms with Crippen LogP contribution in [0.2, 0.25) is 0 Å². The van der Waals surface area contributed by atoms with Crippen LogP contribution < -0.4 is 9.84 Å². The number of rotatable bonds is 5. The first-order valence-corrected chi connectivity index (χ1v) is 7.02. The lowest BCUT2D eigenvalue weighted by Gasteiger charge is -2.22. The molecule has 4 nitrogen and oxygen atoms in total. The summed E-state index contributed by atoms with van der Waals surface area (Å²) >= 11 is 0. The van der Waals surface area contributed by atoms with E-state index >= 15 is 0 Å². The van der Waals surface area contributed by atoms with E-state index < -0.39 is 29.7 Å². The highest BCUT2D eigenvalue weighted by atomic mass is 19.4. The largest absolute Gasteiger partial charge is 0.545 e. The number of ether oxygens (including phenoxy) is 2. The van der Waals surface area contributed by atoms with Crippen LogP contribution in [0, 0.1) is 0 Å². The van der Waals surface area contributed by atoms with Crippen molar-refractivity contribution < 1.29 is 32.5 Å². The van der Waals surface area contributed by atoms with Gasteiger partial charge in [0.25, 0.3) is 0 Å². The third-order valence-corrected chi connectivity index (χ3v) is 3.50. The summed E-state index contributed by atoms with van der Waals surface area (Å²) in [5, 5.41) is 10.8. The SMILES string of the molecule is CC(Oc1cc(C(=O)[O-])ccc1C(F)(F)F)OC1CCCC1. The zero-order valence-electron chi connectivity index (χ0n) is 12.0. The Morgan fingerprint density at radius 1 is 1.32 bits per heavy atom. The number of carboxylic acids is 1. The second-order valence-corrected chi connectivity index (χ2v) is 5.22. The molecule has 0 spiro atoms. The van der Waals surface area contributed by atoms with E-state index in [0.29, 0.717) is 6.07 Å². The van der Waals surface area contributed by atoms with E-state index in [2.05, 4.69) is 0 Å². The minimum atomic E-state index is -4.65. The number of alkyl halides is 3. The van der Waals surface area contributed by atoms with Crippen molar-refractivity contribution in [2.45, 2.75) is 51.2 Å². The normalized spacial score (nSPS) is 17.5. The van der Waals surface area contributed by atoms with Gasteiger partial charge in [0.2, 0.25) is 0 Å². The van der Waals surface area contributed by atoms with Crippen molar-refractivity contribution in [2.75, 3.05) is 0 Å². The summed E-state index contributed by atoms with van der Waals surface area (Å²) in [6.07, 6.45) is -1.85. The molecule has 0 amide bonds. The number of halogens is 3. The molecule has 1 unspecified atom stereocenters. The zero-order valence-corrected chi connectivity index (χ0v) is 12.0. The molecule has 1 aliphatic rings. The molecule has 0 bridgehead atoms. The number of hydrogen-bond donors (Lipinski definition) is 0. The monoisotopic (exact) mass is 317 g/mol. The fraction of sp³-hybridized carbons (Fsp3) is 0.533. The van der Waals surface area contributed by atoms with Crippen molar-refractivity contribution in [3.63, 3.8) is 0 Å². The van der Waals surface area contributed by atoms with Crippen molar-refractivity contribution in [3.05, 3.63) is 29.3 Å². The van der Waals surface area contributed by atoms with Gasteiger partial charge in [-0.3, -0.25) is 0 Å². The average Bonchev–Trinajstić information content (AvgIpc) is 2.89. The summed E-state index contributed by atoms with van der Waals surface area (Å²) < 4.78 is 49.6. The van der Waals surface area contributed by atoms with E-state index in [-0.39, 0.29) is 11.7 Å². The predicted octanol–water partition coefficient (Wildman–Crippen LogP) is 2.75. The van der Waals surface area contributed by atoms with Gasteiger partial charge in [0.15, 0.2) is 6.29 Å². The predicted molar refractivity (Wildman–Crippen MR) is 69.2 cm³/mol. The Morgan fingerprint density at radius 3 is 2.50 bits per heavy atom. The molecule has 2 rings (SSSR count). The van der Waals surface area contributed by atoms with Crippen LogP contribution in [0.4, 0.5) is 13.2 Å². The number of hydrogen-bond acceptors (Lipinski definition) is 4. The molecule has 1 saturated carbocycles. The molecule has 1 aromatic rings. The van der Waals surface area contributed by atoms with E-state index in [9.17, 15) is 23.1 Å². The molecule has 1 atom stereocenters. The van der Waals surface area contributed by atoms with Crippen LogP contribution in [0.3, 0.4) is 0 Å². The molecule has 0 heterocycles. The molecule has 1 aromatic carbocycles. The molecule has 1 aliphatic carbocycles. The first-order valence-electron chi connectivity index (χ1n) is 7.02. The maximum atomic E-state index is 13.0. The minimum absolute atomic E-state index is 0.0336. The lowest BCUT2D eigenvalue weighted by molar-refractivity contribution is -0.255. The van der Waals surface area contributed by atoms with E-state index in [0.717, 1.165) is 37.8 Å². The number of carboxylic acid groups (broad SMARTS) is 1. The molecule has 122 valence electrons. The van der Waals surface area contributed by atoms with Gasteiger partial charge in [-0.2, -0.15) is 13.2 Å². The molecule has 7 heteroatoms. The Morgan fingerprint density at radius 2 is 1.95 bits per heavy atom. The van der Waals surface area contributed by atoms with Gasteiger partial charge in [-0.15, -0.1) is 0 Å². The highest BCUT2D eigenvalue weighted by molar-refractivity contribution is 5.86. The topological polar surface area (TPSA) is 58.6 Å². The summed E-state index contributed by atoms with van der Waals surface area (Å²) in [7, 11) is 0. The van der Waals surface area contributed by atoms with E-state index in [1.165, 1.54) is 6.92 Å². The molecule has 1 fully saturated rings. The Hall–Kier alpha value is -1.76. The van der Waals surface area contributed by atoms with E-state index in [1.54, 1.807) is 0 Å². The van der Waals surface area contributed by atoms with Gasteiger partial charge in [0.05, 0.1) is 17.6 Å². The number of aromatic carboxylic acids is 1. The quantitative estimate of drug-likeness (QED) is 0.784. The van der Waals surface area contributed by atoms with Crippen molar-refractivity contribution in [1.82, 2.24) is 0 Å². The van der Waals surface area contributed by atoms with Crippen LogP contribution >= 0.6 is 0 Å². The molecular formula is C15H16F3O4-. The highest BCUT2D eigenvalue weighted by Crippen LogP contribution is 2.37. The maximum Gasteiger partial charge on any atom is 0.419 e. The molecule has 0 saturated heterocycles. The minimum Gasteiger partial charge on any atom is -0.545 e. The Bertz CT molecular complexity index is 536. The molecule has 0 N–H and O–H groups in total. The Kier molecular flexibility index (Phi) is 4.95. The van der Waals surface area contributed by atoms with Gasteiger partial charge in [-0.1, -0.05) is 18.9 Å². The smallest absolute Gasteiger partial charge is 0.419 e. The van der Waals surface area contributed by atoms with E-state index in [4.69, 9.17) is 9.47 Å². The van der Waals surface area contributed by atoms with Crippen molar-refractivity contribution in [3.8, 4) is 5.75 Å². The standard InChI is InChI=1S/C15H17F3O4/c1-9(21-11-4-2-3-5-11)22-13-8-10(14(19)20)6-7-12(13)15(16,17)18/h6-9,11H,2-5H2,1H3,(H,19,20)/p-1. The first-order chi connectivity index (χ1) is 10.3. The number of carbonyl (C=O) groups excluding carboxylic acids is 1. The summed E-state index contributed by atoms with van der Waals surface area (Å²) in [6, 6.07) is 2.32. The first kappa shape index (κ1) is 16.6. The number of carbonyl (C=O) groups is 1. The molecule has 0 aliphatic heterocycles. The molecular weight excluding hydrogens is 301 g/mol. The summed E-state index contributed by atoms with van der Waals surface area (Å²) in [5.41, 5.74) is -1.42. The highest BCUT2D eigenvalue weighted by Gasteiger charge is 2.35. The summed E-state index contributed by atoms with van der Waals surface area (Å²) in [4.78, 5) is 10.8. The Balaban J connectivity index is 2.18. The van der Waals surface area contributed by atoms with Gasteiger partial charge in [-0.05, 0) is 31.9 Å². The maximum absolute atomic E-state index is 13.0. The van der Waals surface area contributed by atoms with Crippen molar-refractivity contribution in [2.24, 2.45) is 0 Å². The van der Waals surface area contributed by atoms with Gasteiger partial charge in [0, 0.05) is 5.56 Å². The second kappa shape index (κ2) is 6.56. The van der Waals surface area contributed by atoms with Crippen LogP contribution in [-0.2, 0) is 10.9 Å². The average molecular weight is 317 g/mol. The third-order valence-electron chi connectivity index (χ3n) is 3.50. The van der Waals surface area contributed by atoms with Crippen LogP contribution in [0.1, 0.15) is 48.5 Å². The van der Waals surface area contributed by atoms with Gasteiger partial charge in [0.1, 0.15) is 5.75 Å². The molecule has 0 aromatic heterocycles. The van der Waals surface area contributed by atoms with Crippen LogP contribution in [-0.4, -0.2) is 18.4 Å². The fourth-order valence-corrected chi connectivity index (χ4v) is 2.48. The van der Waals surface area contributed by atoms with Crippen molar-refractivity contribution >= 4 is 5.97 Å². The summed E-state index contributed by atoms with van der Waals surface area (Å²) in [5.74, 6) is -2.14. The lowest BCUT2D eigenvalue weighted by atomic mass is 10.1. The van der Waals surface area contributed by atoms with Gasteiger partial charge < -0.3 is 19.4 Å². The van der Waals surface area contributed by atoms with Crippen molar-refractivity contribution in [1.29, 1.82) is 0 Å². The second-order valence-electron chi connectivity index (χ2n) is 5.22. The number of benzene rings is 1. The zero-order chi connectivity index (χ0) is 16.3.